The summed E-state index contributed by atoms with van der Waals surface area (Å²) in [5, 5.41) is 0. The number of carbonyl (C=O) groups excluding carboxylic acids is 3. The Balaban J connectivity index is 2.05. The van der Waals surface area contributed by atoms with Crippen LogP contribution in [0.3, 0.4) is 0 Å². The summed E-state index contributed by atoms with van der Waals surface area (Å²) < 4.78 is 23.6. The molecular weight excluding hydrogens is 360 g/mol. The molecule has 2 heterocycles. The highest BCUT2D eigenvalue weighted by Gasteiger charge is 2.38. The van der Waals surface area contributed by atoms with Crippen molar-refractivity contribution in [2.75, 3.05) is 64.9 Å². The number of amides is 3. The number of likely N-dealkylation sites (N-methyl/N-ethyl adjacent to an activating group) is 1. The molecule has 3 amide bonds. The lowest BCUT2D eigenvalue weighted by molar-refractivity contribution is -0.154. The highest BCUT2D eigenvalue weighted by Crippen LogP contribution is 2.19. The molecule has 2 rings (SSSR count). The van der Waals surface area contributed by atoms with Crippen molar-refractivity contribution in [2.45, 2.75) is 19.4 Å². The van der Waals surface area contributed by atoms with Gasteiger partial charge in [-0.3, -0.25) is 14.4 Å². The zero-order valence-electron chi connectivity index (χ0n) is 15.7. The summed E-state index contributed by atoms with van der Waals surface area (Å²) in [7, 11) is 0.559. The standard InChI is InChI=1S/C16H28N4O5S/c1-13(21)18-6-8-19(9-7-18)15(22)16(23)20(10-5-17(2)3)14-4-11-26(24,25)12-14/h14H,4-12H2,1-3H3. The van der Waals surface area contributed by atoms with Crippen molar-refractivity contribution in [1.29, 1.82) is 0 Å². The Morgan fingerprint density at radius 1 is 1.00 bits per heavy atom. The topological polar surface area (TPSA) is 98.3 Å². The fourth-order valence-corrected chi connectivity index (χ4v) is 4.99. The van der Waals surface area contributed by atoms with Gasteiger partial charge >= 0.3 is 11.8 Å². The van der Waals surface area contributed by atoms with Crippen LogP contribution >= 0.6 is 0 Å². The minimum atomic E-state index is -3.16. The van der Waals surface area contributed by atoms with E-state index in [1.165, 1.54) is 16.7 Å². The molecule has 0 aromatic heterocycles. The zero-order valence-corrected chi connectivity index (χ0v) is 16.5. The summed E-state index contributed by atoms with van der Waals surface area (Å²) in [4.78, 5) is 43.2. The van der Waals surface area contributed by atoms with Crippen molar-refractivity contribution in [1.82, 2.24) is 19.6 Å². The molecule has 26 heavy (non-hydrogen) atoms. The molecule has 148 valence electrons. The van der Waals surface area contributed by atoms with Crippen molar-refractivity contribution in [2.24, 2.45) is 0 Å². The molecular formula is C16H28N4O5S. The Morgan fingerprint density at radius 3 is 2.04 bits per heavy atom. The number of piperazine rings is 1. The maximum atomic E-state index is 12.8. The molecule has 0 radical (unpaired) electrons. The fourth-order valence-electron chi connectivity index (χ4n) is 3.26. The van der Waals surface area contributed by atoms with E-state index in [0.717, 1.165) is 0 Å². The van der Waals surface area contributed by atoms with Crippen molar-refractivity contribution < 1.29 is 22.8 Å². The summed E-state index contributed by atoms with van der Waals surface area (Å²) in [6.45, 7) is 3.78. The second-order valence-corrected chi connectivity index (χ2v) is 9.39. The Hall–Kier alpha value is -1.68. The minimum Gasteiger partial charge on any atom is -0.339 e. The minimum absolute atomic E-state index is 0.0489. The van der Waals surface area contributed by atoms with Gasteiger partial charge in [-0.15, -0.1) is 0 Å². The lowest BCUT2D eigenvalue weighted by Gasteiger charge is -2.36. The Kier molecular flexibility index (Phi) is 6.62. The summed E-state index contributed by atoms with van der Waals surface area (Å²) >= 11 is 0. The van der Waals surface area contributed by atoms with Crippen LogP contribution in [0.15, 0.2) is 0 Å². The average Bonchev–Trinajstić information content (AvgIpc) is 2.93. The van der Waals surface area contributed by atoms with E-state index in [1.807, 2.05) is 19.0 Å². The van der Waals surface area contributed by atoms with E-state index in [-0.39, 0.29) is 17.4 Å². The van der Waals surface area contributed by atoms with E-state index in [0.29, 0.717) is 45.7 Å². The maximum Gasteiger partial charge on any atom is 0.312 e. The number of hydrogen-bond donors (Lipinski definition) is 0. The Morgan fingerprint density at radius 2 is 1.58 bits per heavy atom. The van der Waals surface area contributed by atoms with Gasteiger partial charge in [0.2, 0.25) is 5.91 Å². The highest BCUT2D eigenvalue weighted by atomic mass is 32.2. The molecule has 0 N–H and O–H groups in total. The molecule has 2 saturated heterocycles. The third kappa shape index (κ3) is 5.16. The number of sulfone groups is 1. The number of rotatable bonds is 4. The average molecular weight is 388 g/mol. The molecule has 2 fully saturated rings. The summed E-state index contributed by atoms with van der Waals surface area (Å²) in [5.41, 5.74) is 0. The van der Waals surface area contributed by atoms with Gasteiger partial charge in [-0.05, 0) is 20.5 Å². The van der Waals surface area contributed by atoms with E-state index >= 15 is 0 Å². The number of carbonyl (C=O) groups is 3. The van der Waals surface area contributed by atoms with Crippen LogP contribution in [0, 0.1) is 0 Å². The van der Waals surface area contributed by atoms with Crippen molar-refractivity contribution in [3.63, 3.8) is 0 Å². The molecule has 0 spiro atoms. The van der Waals surface area contributed by atoms with E-state index in [9.17, 15) is 22.8 Å². The quantitative estimate of drug-likeness (QED) is 0.530. The molecule has 1 unspecified atom stereocenters. The van der Waals surface area contributed by atoms with Crippen LogP contribution in [-0.4, -0.2) is 117 Å². The van der Waals surface area contributed by atoms with Crippen LogP contribution in [0.4, 0.5) is 0 Å². The Bertz CT molecular complexity index is 656. The molecule has 2 aliphatic heterocycles. The van der Waals surface area contributed by atoms with E-state index < -0.39 is 27.7 Å². The first-order chi connectivity index (χ1) is 12.1. The van der Waals surface area contributed by atoms with E-state index in [2.05, 4.69) is 0 Å². The van der Waals surface area contributed by atoms with Crippen LogP contribution in [-0.2, 0) is 24.2 Å². The van der Waals surface area contributed by atoms with E-state index in [1.54, 1.807) is 4.90 Å². The summed E-state index contributed by atoms with van der Waals surface area (Å²) in [6, 6.07) is -0.449. The summed E-state index contributed by atoms with van der Waals surface area (Å²) in [6.07, 6.45) is 0.368. The van der Waals surface area contributed by atoms with Gasteiger partial charge in [0.05, 0.1) is 11.5 Å². The first-order valence-corrected chi connectivity index (χ1v) is 10.6. The monoisotopic (exact) mass is 388 g/mol. The lowest BCUT2D eigenvalue weighted by Crippen LogP contribution is -2.56. The van der Waals surface area contributed by atoms with Crippen LogP contribution in [0.5, 0.6) is 0 Å². The first kappa shape index (κ1) is 20.6. The number of hydrogen-bond acceptors (Lipinski definition) is 6. The first-order valence-electron chi connectivity index (χ1n) is 8.81. The van der Waals surface area contributed by atoms with Gasteiger partial charge in [-0.2, -0.15) is 0 Å². The smallest absolute Gasteiger partial charge is 0.312 e. The predicted octanol–water partition coefficient (Wildman–Crippen LogP) is -1.75. The fraction of sp³-hybridized carbons (Fsp3) is 0.812. The molecule has 10 heteroatoms. The third-order valence-corrected chi connectivity index (χ3v) is 6.64. The van der Waals surface area contributed by atoms with Crippen molar-refractivity contribution in [3.8, 4) is 0 Å². The van der Waals surface area contributed by atoms with E-state index in [4.69, 9.17) is 0 Å². The van der Waals surface area contributed by atoms with Gasteiger partial charge in [0.15, 0.2) is 9.84 Å². The predicted molar refractivity (Wildman–Crippen MR) is 96.2 cm³/mol. The second-order valence-electron chi connectivity index (χ2n) is 7.16. The SMILES string of the molecule is CC(=O)N1CCN(C(=O)C(=O)N(CCN(C)C)C2CCS(=O)(=O)C2)CC1. The van der Waals surface area contributed by atoms with Crippen LogP contribution < -0.4 is 0 Å². The molecule has 0 saturated carbocycles. The Labute approximate surface area is 154 Å². The highest BCUT2D eigenvalue weighted by molar-refractivity contribution is 7.91. The molecule has 9 nitrogen and oxygen atoms in total. The van der Waals surface area contributed by atoms with Crippen LogP contribution in [0.1, 0.15) is 13.3 Å². The van der Waals surface area contributed by atoms with Crippen LogP contribution in [0.2, 0.25) is 0 Å². The van der Waals surface area contributed by atoms with Gasteiger partial charge in [0.25, 0.3) is 0 Å². The number of nitrogens with zero attached hydrogens (tertiary/aromatic N) is 4. The van der Waals surface area contributed by atoms with Crippen LogP contribution in [0.25, 0.3) is 0 Å². The summed E-state index contributed by atoms with van der Waals surface area (Å²) in [5.74, 6) is -1.35. The van der Waals surface area contributed by atoms with Gasteiger partial charge in [0, 0.05) is 52.2 Å². The van der Waals surface area contributed by atoms with Gasteiger partial charge in [0.1, 0.15) is 0 Å². The molecule has 0 aromatic rings. The maximum absolute atomic E-state index is 12.8. The van der Waals surface area contributed by atoms with Crippen molar-refractivity contribution >= 4 is 27.6 Å². The second kappa shape index (κ2) is 8.34. The van der Waals surface area contributed by atoms with Crippen molar-refractivity contribution in [3.05, 3.63) is 0 Å². The van der Waals surface area contributed by atoms with Gasteiger partial charge in [-0.25, -0.2) is 8.42 Å². The van der Waals surface area contributed by atoms with Gasteiger partial charge in [-0.1, -0.05) is 0 Å². The third-order valence-electron chi connectivity index (χ3n) is 4.89. The molecule has 2 aliphatic rings. The molecule has 0 aliphatic carbocycles. The van der Waals surface area contributed by atoms with Gasteiger partial charge < -0.3 is 19.6 Å². The molecule has 1 atom stereocenters. The normalized spacial score (nSPS) is 22.5. The molecule has 0 aromatic carbocycles. The zero-order chi connectivity index (χ0) is 19.5. The largest absolute Gasteiger partial charge is 0.339 e. The molecule has 0 bridgehead atoms. The lowest BCUT2D eigenvalue weighted by atomic mass is 10.2.